The summed E-state index contributed by atoms with van der Waals surface area (Å²) < 4.78 is 8.31. The Labute approximate surface area is 106 Å². The zero-order chi connectivity index (χ0) is 12.4. The Kier molecular flexibility index (Phi) is 3.33. The lowest BCUT2D eigenvalue weighted by molar-refractivity contribution is 0.242. The van der Waals surface area contributed by atoms with Gasteiger partial charge in [0.1, 0.15) is 5.75 Å². The Morgan fingerprint density at radius 2 is 1.88 bits per heavy atom. The zero-order valence-electron chi connectivity index (χ0n) is 10.2. The predicted octanol–water partition coefficient (Wildman–Crippen LogP) is 3.63. The maximum absolute atomic E-state index is 5.60. The second-order valence-corrected chi connectivity index (χ2v) is 4.62. The molecule has 0 fully saturated rings. The minimum Gasteiger partial charge on any atom is -0.491 e. The highest BCUT2D eigenvalue weighted by molar-refractivity contribution is 7.71. The summed E-state index contributed by atoms with van der Waals surface area (Å²) in [5.74, 6) is 0.878. The standard InChI is InChI=1S/C13H16N2OS/c1-9(2)16-12-6-4-11(5-7-12)15-10(3)8-14-13(15)17/h4-9H,1-3H3,(H,14,17). The summed E-state index contributed by atoms with van der Waals surface area (Å²) in [5.41, 5.74) is 2.14. The van der Waals surface area contributed by atoms with Crippen LogP contribution < -0.4 is 4.74 Å². The lowest BCUT2D eigenvalue weighted by Gasteiger charge is -2.11. The molecule has 0 saturated heterocycles. The molecule has 1 aromatic heterocycles. The van der Waals surface area contributed by atoms with Crippen molar-refractivity contribution >= 4 is 12.2 Å². The van der Waals surface area contributed by atoms with Gasteiger partial charge in [-0.25, -0.2) is 0 Å². The Morgan fingerprint density at radius 3 is 2.35 bits per heavy atom. The molecule has 0 aliphatic heterocycles. The molecule has 0 saturated carbocycles. The minimum atomic E-state index is 0.192. The van der Waals surface area contributed by atoms with Crippen molar-refractivity contribution in [2.75, 3.05) is 0 Å². The number of aromatic amines is 1. The normalized spacial score (nSPS) is 10.8. The minimum absolute atomic E-state index is 0.192. The number of ether oxygens (including phenoxy) is 1. The van der Waals surface area contributed by atoms with Crippen LogP contribution in [0.3, 0.4) is 0 Å². The highest BCUT2D eigenvalue weighted by Crippen LogP contribution is 2.18. The van der Waals surface area contributed by atoms with E-state index in [1.54, 1.807) is 0 Å². The van der Waals surface area contributed by atoms with Gasteiger partial charge in [-0.05, 0) is 57.3 Å². The van der Waals surface area contributed by atoms with Crippen molar-refractivity contribution in [3.63, 3.8) is 0 Å². The van der Waals surface area contributed by atoms with Crippen LogP contribution in [-0.2, 0) is 0 Å². The summed E-state index contributed by atoms with van der Waals surface area (Å²) in [6.07, 6.45) is 2.10. The van der Waals surface area contributed by atoms with E-state index < -0.39 is 0 Å². The Balaban J connectivity index is 2.33. The molecule has 2 aromatic rings. The Morgan fingerprint density at radius 1 is 1.24 bits per heavy atom. The fourth-order valence-electron chi connectivity index (χ4n) is 1.72. The number of nitrogens with one attached hydrogen (secondary N) is 1. The molecular weight excluding hydrogens is 232 g/mol. The topological polar surface area (TPSA) is 29.9 Å². The van der Waals surface area contributed by atoms with Crippen molar-refractivity contribution in [3.05, 3.63) is 40.9 Å². The maximum atomic E-state index is 5.60. The van der Waals surface area contributed by atoms with Crippen molar-refractivity contribution in [2.45, 2.75) is 26.9 Å². The molecule has 1 aromatic carbocycles. The first kappa shape index (κ1) is 11.9. The van der Waals surface area contributed by atoms with Crippen LogP contribution in [0.25, 0.3) is 5.69 Å². The third kappa shape index (κ3) is 2.58. The zero-order valence-corrected chi connectivity index (χ0v) is 11.0. The number of hydrogen-bond acceptors (Lipinski definition) is 2. The first-order chi connectivity index (χ1) is 8.08. The molecule has 4 heteroatoms. The molecule has 0 spiro atoms. The Hall–Kier alpha value is -1.55. The van der Waals surface area contributed by atoms with Crippen LogP contribution >= 0.6 is 12.2 Å². The molecule has 90 valence electrons. The molecule has 0 aliphatic rings. The van der Waals surface area contributed by atoms with Gasteiger partial charge in [-0.3, -0.25) is 4.57 Å². The van der Waals surface area contributed by atoms with E-state index in [9.17, 15) is 0 Å². The highest BCUT2D eigenvalue weighted by Gasteiger charge is 2.03. The largest absolute Gasteiger partial charge is 0.491 e. The Bertz CT molecular complexity index is 552. The van der Waals surface area contributed by atoms with E-state index in [0.717, 1.165) is 17.1 Å². The van der Waals surface area contributed by atoms with Gasteiger partial charge < -0.3 is 9.72 Å². The lowest BCUT2D eigenvalue weighted by Crippen LogP contribution is -2.05. The van der Waals surface area contributed by atoms with E-state index in [2.05, 4.69) is 4.98 Å². The van der Waals surface area contributed by atoms with Gasteiger partial charge >= 0.3 is 0 Å². The molecule has 1 heterocycles. The SMILES string of the molecule is Cc1c[nH]c(=S)n1-c1ccc(OC(C)C)cc1. The second-order valence-electron chi connectivity index (χ2n) is 4.23. The summed E-state index contributed by atoms with van der Waals surface area (Å²) in [5, 5.41) is 0. The fourth-order valence-corrected chi connectivity index (χ4v) is 2.03. The predicted molar refractivity (Wildman–Crippen MR) is 71.5 cm³/mol. The number of imidazole rings is 1. The summed E-state index contributed by atoms with van der Waals surface area (Å²) in [4.78, 5) is 3.03. The van der Waals surface area contributed by atoms with E-state index in [-0.39, 0.29) is 6.10 Å². The van der Waals surface area contributed by atoms with Gasteiger partial charge in [0.25, 0.3) is 0 Å². The van der Waals surface area contributed by atoms with Gasteiger partial charge in [0.2, 0.25) is 0 Å². The second kappa shape index (κ2) is 4.75. The van der Waals surface area contributed by atoms with E-state index in [0.29, 0.717) is 4.77 Å². The van der Waals surface area contributed by atoms with E-state index in [1.165, 1.54) is 0 Å². The van der Waals surface area contributed by atoms with Crippen LogP contribution in [0.15, 0.2) is 30.5 Å². The van der Waals surface area contributed by atoms with Gasteiger partial charge in [0.05, 0.1) is 6.10 Å². The number of aryl methyl sites for hydroxylation is 1. The summed E-state index contributed by atoms with van der Waals surface area (Å²) in [7, 11) is 0. The molecular formula is C13H16N2OS. The number of benzene rings is 1. The van der Waals surface area contributed by atoms with Crippen molar-refractivity contribution in [2.24, 2.45) is 0 Å². The molecule has 17 heavy (non-hydrogen) atoms. The third-order valence-corrected chi connectivity index (χ3v) is 2.73. The lowest BCUT2D eigenvalue weighted by atomic mass is 10.3. The highest BCUT2D eigenvalue weighted by atomic mass is 32.1. The summed E-state index contributed by atoms with van der Waals surface area (Å²) in [6, 6.07) is 7.94. The van der Waals surface area contributed by atoms with Crippen molar-refractivity contribution < 1.29 is 4.74 Å². The van der Waals surface area contributed by atoms with Gasteiger partial charge in [-0.15, -0.1) is 0 Å². The van der Waals surface area contributed by atoms with E-state index in [1.807, 2.05) is 55.8 Å². The molecule has 2 rings (SSSR count). The van der Waals surface area contributed by atoms with E-state index in [4.69, 9.17) is 17.0 Å². The molecule has 0 unspecified atom stereocenters. The average molecular weight is 248 g/mol. The van der Waals surface area contributed by atoms with Crippen molar-refractivity contribution in [3.8, 4) is 11.4 Å². The number of H-pyrrole nitrogens is 1. The van der Waals surface area contributed by atoms with Gasteiger partial charge in [0, 0.05) is 17.6 Å². The van der Waals surface area contributed by atoms with Gasteiger partial charge in [-0.2, -0.15) is 0 Å². The van der Waals surface area contributed by atoms with Crippen LogP contribution in [-0.4, -0.2) is 15.7 Å². The number of aromatic nitrogens is 2. The van der Waals surface area contributed by atoms with Gasteiger partial charge in [-0.1, -0.05) is 0 Å². The first-order valence-corrected chi connectivity index (χ1v) is 6.03. The number of hydrogen-bond donors (Lipinski definition) is 1. The molecule has 1 N–H and O–H groups in total. The van der Waals surface area contributed by atoms with Crippen LogP contribution in [0.5, 0.6) is 5.75 Å². The third-order valence-electron chi connectivity index (χ3n) is 2.43. The van der Waals surface area contributed by atoms with Crippen molar-refractivity contribution in [1.82, 2.24) is 9.55 Å². The molecule has 0 bridgehead atoms. The smallest absolute Gasteiger partial charge is 0.182 e. The first-order valence-electron chi connectivity index (χ1n) is 5.62. The molecule has 0 radical (unpaired) electrons. The fraction of sp³-hybridized carbons (Fsp3) is 0.308. The molecule has 0 aliphatic carbocycles. The molecule has 0 amide bonds. The maximum Gasteiger partial charge on any atom is 0.182 e. The summed E-state index contributed by atoms with van der Waals surface area (Å²) in [6.45, 7) is 6.05. The number of nitrogens with zero attached hydrogens (tertiary/aromatic N) is 1. The summed E-state index contributed by atoms with van der Waals surface area (Å²) >= 11 is 5.23. The molecule has 3 nitrogen and oxygen atoms in total. The van der Waals surface area contributed by atoms with Gasteiger partial charge in [0.15, 0.2) is 4.77 Å². The monoisotopic (exact) mass is 248 g/mol. The van der Waals surface area contributed by atoms with Crippen molar-refractivity contribution in [1.29, 1.82) is 0 Å². The van der Waals surface area contributed by atoms with Crippen LogP contribution in [0, 0.1) is 11.7 Å². The van der Waals surface area contributed by atoms with Crippen LogP contribution in [0.1, 0.15) is 19.5 Å². The number of rotatable bonds is 3. The van der Waals surface area contributed by atoms with E-state index >= 15 is 0 Å². The quantitative estimate of drug-likeness (QED) is 0.841. The van der Waals surface area contributed by atoms with Crippen LogP contribution in [0.2, 0.25) is 0 Å². The molecule has 0 atom stereocenters. The van der Waals surface area contributed by atoms with Crippen LogP contribution in [0.4, 0.5) is 0 Å². The average Bonchev–Trinajstić information content (AvgIpc) is 2.59.